The first-order chi connectivity index (χ1) is 8.95. The normalized spacial score (nSPS) is 15.6. The molecule has 5 nitrogen and oxygen atoms in total. The van der Waals surface area contributed by atoms with Gasteiger partial charge < -0.3 is 16.2 Å². The highest BCUT2D eigenvalue weighted by atomic mass is 32.1. The molecular weight excluding hydrogens is 264 g/mol. The van der Waals surface area contributed by atoms with Crippen LogP contribution >= 0.6 is 11.3 Å². The van der Waals surface area contributed by atoms with E-state index in [1.165, 1.54) is 11.3 Å². The molecule has 0 aromatic carbocycles. The van der Waals surface area contributed by atoms with Gasteiger partial charge in [0.25, 0.3) is 0 Å². The predicted octanol–water partition coefficient (Wildman–Crippen LogP) is 1.06. The average molecular weight is 284 g/mol. The summed E-state index contributed by atoms with van der Waals surface area (Å²) in [5.41, 5.74) is 11.4. The molecular formula is C13H20N2O3S. The highest BCUT2D eigenvalue weighted by Gasteiger charge is 2.26. The number of carbonyl (C=O) groups is 2. The summed E-state index contributed by atoms with van der Waals surface area (Å²) in [6.45, 7) is 3.75. The van der Waals surface area contributed by atoms with E-state index in [1.807, 2.05) is 31.4 Å². The van der Waals surface area contributed by atoms with Gasteiger partial charge in [0.15, 0.2) is 0 Å². The van der Waals surface area contributed by atoms with Crippen LogP contribution in [0.15, 0.2) is 17.5 Å². The van der Waals surface area contributed by atoms with Gasteiger partial charge in [-0.1, -0.05) is 26.3 Å². The minimum absolute atomic E-state index is 0.0335. The quantitative estimate of drug-likeness (QED) is 0.601. The maximum absolute atomic E-state index is 11.7. The van der Waals surface area contributed by atoms with Crippen LogP contribution in [-0.4, -0.2) is 24.0 Å². The Morgan fingerprint density at radius 2 is 2.05 bits per heavy atom. The summed E-state index contributed by atoms with van der Waals surface area (Å²) in [5, 5.41) is 1.90. The fraction of sp³-hybridized carbons (Fsp3) is 0.538. The minimum Gasteiger partial charge on any atom is -0.391 e. The monoisotopic (exact) mass is 284 g/mol. The molecule has 0 aliphatic rings. The number of ether oxygens (including phenoxy) is 1. The molecule has 6 heteroatoms. The zero-order valence-corrected chi connectivity index (χ0v) is 12.0. The average Bonchev–Trinajstić information content (AvgIpc) is 2.89. The van der Waals surface area contributed by atoms with Crippen LogP contribution in [0.3, 0.4) is 0 Å². The molecule has 1 heterocycles. The zero-order valence-electron chi connectivity index (χ0n) is 11.2. The lowest BCUT2D eigenvalue weighted by Crippen LogP contribution is -2.43. The number of thiophene rings is 1. The van der Waals surface area contributed by atoms with Gasteiger partial charge in [0.2, 0.25) is 0 Å². The van der Waals surface area contributed by atoms with Crippen molar-refractivity contribution < 1.29 is 14.3 Å². The number of hydrogen-bond donors (Lipinski definition) is 2. The van der Waals surface area contributed by atoms with Crippen LogP contribution in [0, 0.1) is 5.92 Å². The number of nitrogens with two attached hydrogens (primary N) is 2. The van der Waals surface area contributed by atoms with Crippen molar-refractivity contribution in [1.29, 1.82) is 0 Å². The highest BCUT2D eigenvalue weighted by molar-refractivity contribution is 7.09. The molecule has 0 saturated heterocycles. The van der Waals surface area contributed by atoms with Gasteiger partial charge in [-0.2, -0.15) is 0 Å². The third kappa shape index (κ3) is 4.74. The van der Waals surface area contributed by atoms with Crippen LogP contribution in [0.25, 0.3) is 0 Å². The smallest absolute Gasteiger partial charge is 0.330 e. The molecule has 1 aromatic heterocycles. The first-order valence-electron chi connectivity index (χ1n) is 6.24. The molecule has 0 unspecified atom stereocenters. The van der Waals surface area contributed by atoms with Gasteiger partial charge in [-0.3, -0.25) is 0 Å². The molecule has 4 N–H and O–H groups in total. The van der Waals surface area contributed by atoms with Crippen LogP contribution < -0.4 is 11.5 Å². The van der Waals surface area contributed by atoms with E-state index in [-0.39, 0.29) is 5.92 Å². The molecule has 0 fully saturated rings. The van der Waals surface area contributed by atoms with Crippen molar-refractivity contribution in [2.24, 2.45) is 17.4 Å². The van der Waals surface area contributed by atoms with E-state index in [0.29, 0.717) is 6.42 Å². The Morgan fingerprint density at radius 1 is 1.37 bits per heavy atom. The second-order valence-electron chi connectivity index (χ2n) is 4.54. The maximum Gasteiger partial charge on any atom is 0.330 e. The van der Waals surface area contributed by atoms with E-state index < -0.39 is 24.0 Å². The van der Waals surface area contributed by atoms with Crippen LogP contribution in [0.5, 0.6) is 0 Å². The Bertz CT molecular complexity index is 420. The van der Waals surface area contributed by atoms with Crippen molar-refractivity contribution in [3.63, 3.8) is 0 Å². The van der Waals surface area contributed by atoms with Gasteiger partial charge in [-0.15, -0.1) is 11.3 Å². The van der Waals surface area contributed by atoms with Crippen molar-refractivity contribution in [3.05, 3.63) is 22.4 Å². The number of rotatable bonds is 6. The van der Waals surface area contributed by atoms with E-state index >= 15 is 0 Å². The molecule has 1 rings (SSSR count). The molecule has 0 saturated carbocycles. The second kappa shape index (κ2) is 7.37. The largest absolute Gasteiger partial charge is 0.391 e. The first kappa shape index (κ1) is 15.8. The fourth-order valence-corrected chi connectivity index (χ4v) is 2.22. The van der Waals surface area contributed by atoms with E-state index in [2.05, 4.69) is 0 Å². The molecule has 0 amide bonds. The third-order valence-electron chi connectivity index (χ3n) is 3.03. The number of hydrogen-bond acceptors (Lipinski definition) is 6. The number of carbonyl (C=O) groups excluding carboxylic acids is 2. The van der Waals surface area contributed by atoms with Gasteiger partial charge in [0.1, 0.15) is 12.1 Å². The summed E-state index contributed by atoms with van der Waals surface area (Å²) in [5.74, 6) is -1.47. The lowest BCUT2D eigenvalue weighted by Gasteiger charge is -2.17. The Hall–Kier alpha value is -1.24. The van der Waals surface area contributed by atoms with E-state index in [1.54, 1.807) is 0 Å². The summed E-state index contributed by atoms with van der Waals surface area (Å²) in [7, 11) is 0. The summed E-state index contributed by atoms with van der Waals surface area (Å²) in [4.78, 5) is 24.3. The summed E-state index contributed by atoms with van der Waals surface area (Å²) in [6, 6.07) is 2.13. The van der Waals surface area contributed by atoms with Crippen molar-refractivity contribution in [2.45, 2.75) is 38.8 Å². The van der Waals surface area contributed by atoms with Crippen molar-refractivity contribution in [3.8, 4) is 0 Å². The predicted molar refractivity (Wildman–Crippen MR) is 74.5 cm³/mol. The lowest BCUT2D eigenvalue weighted by atomic mass is 10.0. The molecule has 0 radical (unpaired) electrons. The molecule has 19 heavy (non-hydrogen) atoms. The Morgan fingerprint density at radius 3 is 2.58 bits per heavy atom. The van der Waals surface area contributed by atoms with Crippen molar-refractivity contribution in [1.82, 2.24) is 0 Å². The van der Waals surface area contributed by atoms with Gasteiger partial charge in [0, 0.05) is 11.3 Å². The van der Waals surface area contributed by atoms with Crippen LogP contribution in [0.1, 0.15) is 25.1 Å². The van der Waals surface area contributed by atoms with Crippen LogP contribution in [-0.2, 0) is 20.7 Å². The number of esters is 2. The van der Waals surface area contributed by atoms with Gasteiger partial charge in [-0.25, -0.2) is 9.59 Å². The first-order valence-corrected chi connectivity index (χ1v) is 7.12. The molecule has 106 valence electrons. The Balaban J connectivity index is 2.47. The van der Waals surface area contributed by atoms with E-state index in [4.69, 9.17) is 16.2 Å². The molecule has 0 aliphatic carbocycles. The molecule has 1 aromatic rings. The van der Waals surface area contributed by atoms with Gasteiger partial charge in [-0.05, 0) is 17.4 Å². The molecule has 0 bridgehead atoms. The summed E-state index contributed by atoms with van der Waals surface area (Å²) >= 11 is 1.50. The third-order valence-corrected chi connectivity index (χ3v) is 3.93. The second-order valence-corrected chi connectivity index (χ2v) is 5.57. The maximum atomic E-state index is 11.7. The highest BCUT2D eigenvalue weighted by Crippen LogP contribution is 2.12. The standard InChI is InChI=1S/C13H20N2O3S/c1-3-8(2)11(15)13(17)18-12(16)10(14)7-9-5-4-6-19-9/h4-6,8,10-11H,3,7,14-15H2,1-2H3/t8-,10-,11-/m0/s1. The van der Waals surface area contributed by atoms with E-state index in [0.717, 1.165) is 11.3 Å². The van der Waals surface area contributed by atoms with Crippen molar-refractivity contribution >= 4 is 23.3 Å². The van der Waals surface area contributed by atoms with Gasteiger partial charge in [0.05, 0.1) is 0 Å². The topological polar surface area (TPSA) is 95.4 Å². The van der Waals surface area contributed by atoms with Gasteiger partial charge >= 0.3 is 11.9 Å². The van der Waals surface area contributed by atoms with Crippen LogP contribution in [0.2, 0.25) is 0 Å². The summed E-state index contributed by atoms with van der Waals surface area (Å²) in [6.07, 6.45) is 1.11. The molecule has 0 aliphatic heterocycles. The molecule has 3 atom stereocenters. The van der Waals surface area contributed by atoms with E-state index in [9.17, 15) is 9.59 Å². The van der Waals surface area contributed by atoms with Crippen molar-refractivity contribution in [2.75, 3.05) is 0 Å². The Kier molecular flexibility index (Phi) is 6.14. The van der Waals surface area contributed by atoms with Crippen LogP contribution in [0.4, 0.5) is 0 Å². The minimum atomic E-state index is -0.841. The fourth-order valence-electron chi connectivity index (χ4n) is 1.46. The summed E-state index contributed by atoms with van der Waals surface area (Å²) < 4.78 is 4.72. The Labute approximate surface area is 116 Å². The SMILES string of the molecule is CC[C@H](C)[C@H](N)C(=O)OC(=O)[C@@H](N)Cc1cccs1. The molecule has 0 spiro atoms. The lowest BCUT2D eigenvalue weighted by molar-refractivity contribution is -0.162. The zero-order chi connectivity index (χ0) is 14.4.